The van der Waals surface area contributed by atoms with Crippen LogP contribution in [0.1, 0.15) is 139 Å². The molecule has 1 aromatic heterocycles. The van der Waals surface area contributed by atoms with Crippen LogP contribution in [0.4, 0.5) is 14.9 Å². The van der Waals surface area contributed by atoms with Crippen molar-refractivity contribution < 1.29 is 47.0 Å². The summed E-state index contributed by atoms with van der Waals surface area (Å²) in [5.41, 5.74) is -2.29. The molecule has 0 saturated heterocycles. The SMILES string of the molecule is CCCCOc1noc2c1C(=O)[C@@]1(O[Si](C)(C)C(C)(C)C)C(=O)C3=C(O)c4c(c(F)c5c(c4OCCCC)N(C(=O)OC(C)(C)C)CCC5N(C)C)C[C@H]3C[C@H]1[C@@H]2NC. The molecule has 1 saturated carbocycles. The molecule has 1 amide bonds. The minimum Gasteiger partial charge on any atom is -0.507 e. The van der Waals surface area contributed by atoms with E-state index in [4.69, 9.17) is 23.2 Å². The van der Waals surface area contributed by atoms with Gasteiger partial charge in [-0.2, -0.15) is 0 Å². The number of anilines is 1. The van der Waals surface area contributed by atoms with Crippen molar-refractivity contribution in [2.75, 3.05) is 45.8 Å². The van der Waals surface area contributed by atoms with Gasteiger partial charge in [-0.3, -0.25) is 14.5 Å². The Bertz CT molecular complexity index is 2010. The number of nitrogens with one attached hydrogen (secondary N) is 1. The number of benzene rings is 1. The largest absolute Gasteiger partial charge is 0.507 e. The Morgan fingerprint density at radius 2 is 1.69 bits per heavy atom. The van der Waals surface area contributed by atoms with Crippen molar-refractivity contribution >= 4 is 37.4 Å². The van der Waals surface area contributed by atoms with Crippen LogP contribution in [0, 0.1) is 17.7 Å². The van der Waals surface area contributed by atoms with Gasteiger partial charge < -0.3 is 38.5 Å². The molecule has 59 heavy (non-hydrogen) atoms. The van der Waals surface area contributed by atoms with Gasteiger partial charge in [0, 0.05) is 35.2 Å². The number of rotatable bonds is 12. The summed E-state index contributed by atoms with van der Waals surface area (Å²) in [5, 5.41) is 19.8. The Morgan fingerprint density at radius 1 is 1.05 bits per heavy atom. The van der Waals surface area contributed by atoms with Crippen molar-refractivity contribution in [1.29, 1.82) is 0 Å². The first-order valence-corrected chi connectivity index (χ1v) is 24.2. The van der Waals surface area contributed by atoms with Gasteiger partial charge in [-0.1, -0.05) is 47.5 Å². The number of amides is 1. The summed E-state index contributed by atoms with van der Waals surface area (Å²) in [6, 6.07) is -1.14. The number of aromatic nitrogens is 1. The molecule has 4 aliphatic rings. The van der Waals surface area contributed by atoms with Gasteiger partial charge in [0.1, 0.15) is 22.7 Å². The minimum atomic E-state index is -2.97. The first-order chi connectivity index (χ1) is 27.6. The van der Waals surface area contributed by atoms with E-state index in [1.165, 1.54) is 4.90 Å². The average molecular weight is 841 g/mol. The molecule has 1 unspecified atom stereocenters. The number of ether oxygens (including phenoxy) is 3. The van der Waals surface area contributed by atoms with Crippen molar-refractivity contribution in [3.63, 3.8) is 0 Å². The highest BCUT2D eigenvalue weighted by Crippen LogP contribution is 2.60. The Labute approximate surface area is 349 Å². The maximum atomic E-state index is 17.7. The van der Waals surface area contributed by atoms with Crippen LogP contribution >= 0.6 is 0 Å². The molecule has 13 nitrogen and oxygen atoms in total. The normalized spacial score (nSPS) is 24.4. The molecule has 15 heteroatoms. The van der Waals surface area contributed by atoms with E-state index in [0.29, 0.717) is 19.3 Å². The Morgan fingerprint density at radius 3 is 2.27 bits per heavy atom. The van der Waals surface area contributed by atoms with E-state index >= 15 is 14.0 Å². The third kappa shape index (κ3) is 7.52. The molecule has 2 N–H and O–H groups in total. The van der Waals surface area contributed by atoms with Gasteiger partial charge in [-0.25, -0.2) is 9.18 Å². The molecule has 1 aromatic carbocycles. The fourth-order valence-corrected chi connectivity index (χ4v) is 10.4. The third-order valence-corrected chi connectivity index (χ3v) is 17.4. The van der Waals surface area contributed by atoms with Crippen LogP contribution in [0.3, 0.4) is 0 Å². The Hall–Kier alpha value is -3.79. The van der Waals surface area contributed by atoms with Crippen molar-refractivity contribution in [3.8, 4) is 11.6 Å². The number of Topliss-reactive ketones (excluding diaryl/α,β-unsaturated/α-hetero) is 2. The first-order valence-electron chi connectivity index (χ1n) is 21.3. The number of carbonyl (C=O) groups excluding carboxylic acids is 3. The van der Waals surface area contributed by atoms with Gasteiger partial charge in [-0.05, 0) is 103 Å². The van der Waals surface area contributed by atoms with Gasteiger partial charge >= 0.3 is 6.09 Å². The number of ketones is 2. The van der Waals surface area contributed by atoms with Crippen molar-refractivity contribution in [1.82, 2.24) is 15.4 Å². The van der Waals surface area contributed by atoms with Crippen LogP contribution in [-0.2, 0) is 20.4 Å². The van der Waals surface area contributed by atoms with Crippen LogP contribution in [-0.4, -0.2) is 93.2 Å². The lowest BCUT2D eigenvalue weighted by Gasteiger charge is -2.54. The zero-order valence-electron chi connectivity index (χ0n) is 37.3. The zero-order valence-corrected chi connectivity index (χ0v) is 38.3. The maximum Gasteiger partial charge on any atom is 0.414 e. The summed E-state index contributed by atoms with van der Waals surface area (Å²) in [6.07, 6.45) is 2.93. The van der Waals surface area contributed by atoms with E-state index < -0.39 is 77.7 Å². The average Bonchev–Trinajstić information content (AvgIpc) is 3.56. The van der Waals surface area contributed by atoms with E-state index in [2.05, 4.69) is 10.5 Å². The second-order valence-electron chi connectivity index (χ2n) is 19.3. The number of fused-ring (bicyclic) bond motifs is 5. The van der Waals surface area contributed by atoms with Crippen LogP contribution in [0.5, 0.6) is 11.6 Å². The fourth-order valence-electron chi connectivity index (χ4n) is 8.95. The molecule has 1 aliphatic heterocycles. The first kappa shape index (κ1) is 44.8. The topological polar surface area (TPSA) is 153 Å². The van der Waals surface area contributed by atoms with Crippen molar-refractivity contribution in [3.05, 3.63) is 39.4 Å². The lowest BCUT2D eigenvalue weighted by molar-refractivity contribution is -0.138. The number of hydrogen-bond donors (Lipinski definition) is 2. The summed E-state index contributed by atoms with van der Waals surface area (Å²) >= 11 is 0. The molecule has 2 heterocycles. The van der Waals surface area contributed by atoms with Gasteiger partial charge in [0.15, 0.2) is 25.4 Å². The lowest BCUT2D eigenvalue weighted by Crippen LogP contribution is -2.68. The highest BCUT2D eigenvalue weighted by molar-refractivity contribution is 6.74. The number of nitrogens with zero attached hydrogens (tertiary/aromatic N) is 3. The number of halogens is 1. The van der Waals surface area contributed by atoms with Crippen LogP contribution in [0.25, 0.3) is 5.76 Å². The molecular weight excluding hydrogens is 776 g/mol. The monoisotopic (exact) mass is 840 g/mol. The molecule has 0 bridgehead atoms. The molecule has 3 aliphatic carbocycles. The molecule has 2 aromatic rings. The minimum absolute atomic E-state index is 0.00420. The number of unbranched alkanes of at least 4 members (excludes halogenated alkanes) is 2. The predicted octanol–water partition coefficient (Wildman–Crippen LogP) is 8.87. The highest BCUT2D eigenvalue weighted by atomic mass is 28.4. The summed E-state index contributed by atoms with van der Waals surface area (Å²) in [4.78, 5) is 48.6. The van der Waals surface area contributed by atoms with E-state index in [9.17, 15) is 9.90 Å². The van der Waals surface area contributed by atoms with Gasteiger partial charge in [-0.15, -0.1) is 0 Å². The molecule has 0 spiro atoms. The van der Waals surface area contributed by atoms with E-state index in [1.54, 1.807) is 27.8 Å². The molecule has 1 fully saturated rings. The standard InChI is InChI=1S/C44H65FN4O9Si/c1-14-16-20-54-37-29-25(32(45)30-27(48(10)11)18-19-49(34(30)37)41(53)56-42(3,4)5)22-24-23-26-33(46-9)36-31(40(47-57-36)55-21-17-15-2)39(52)44(26,38(51)28(24)35(29)50)58-59(12,13)43(6,7)8/h24,26-27,33,46,50H,14-23H2,1-13H3/t24-,26-,27?,33-,44-/m0/s1. The molecule has 5 atom stereocenters. The summed E-state index contributed by atoms with van der Waals surface area (Å²) in [5.74, 6) is -3.53. The fraction of sp³-hybridized carbons (Fsp3) is 0.682. The summed E-state index contributed by atoms with van der Waals surface area (Å²) in [6.45, 7) is 20.1. The number of aliphatic hydroxyl groups is 1. The summed E-state index contributed by atoms with van der Waals surface area (Å²) < 4.78 is 49.2. The molecule has 326 valence electrons. The highest BCUT2D eigenvalue weighted by Gasteiger charge is 2.68. The van der Waals surface area contributed by atoms with E-state index in [-0.39, 0.29) is 83.5 Å². The molecule has 0 radical (unpaired) electrons. The van der Waals surface area contributed by atoms with E-state index in [1.807, 2.05) is 66.7 Å². The van der Waals surface area contributed by atoms with Crippen LogP contribution < -0.4 is 19.7 Å². The lowest BCUT2D eigenvalue weighted by atomic mass is 9.57. The van der Waals surface area contributed by atoms with Gasteiger partial charge in [0.2, 0.25) is 11.6 Å². The van der Waals surface area contributed by atoms with E-state index in [0.717, 1.165) is 12.8 Å². The smallest absolute Gasteiger partial charge is 0.414 e. The quantitative estimate of drug-likeness (QED) is 0.119. The van der Waals surface area contributed by atoms with Crippen molar-refractivity contribution in [2.24, 2.45) is 11.8 Å². The number of hydrogen-bond acceptors (Lipinski definition) is 12. The predicted molar refractivity (Wildman–Crippen MR) is 225 cm³/mol. The second-order valence-corrected chi connectivity index (χ2v) is 24.0. The van der Waals surface area contributed by atoms with Gasteiger partial charge in [0.05, 0.1) is 30.5 Å². The Kier molecular flexibility index (Phi) is 12.3. The van der Waals surface area contributed by atoms with Crippen LogP contribution in [0.2, 0.25) is 18.1 Å². The second kappa shape index (κ2) is 16.2. The maximum absolute atomic E-state index is 17.7. The van der Waals surface area contributed by atoms with Gasteiger partial charge in [0.25, 0.3) is 5.88 Å². The van der Waals surface area contributed by atoms with Crippen LogP contribution in [0.15, 0.2) is 10.1 Å². The Balaban J connectivity index is 1.64. The molecular formula is C44H65FN4O9Si. The number of carbonyl (C=O) groups is 3. The number of aliphatic hydroxyl groups excluding tert-OH is 1. The summed E-state index contributed by atoms with van der Waals surface area (Å²) in [7, 11) is 2.49. The zero-order chi connectivity index (χ0) is 43.6. The third-order valence-electron chi connectivity index (χ3n) is 12.9. The molecule has 6 rings (SSSR count). The van der Waals surface area contributed by atoms with Crippen molar-refractivity contribution in [2.45, 2.75) is 142 Å².